The van der Waals surface area contributed by atoms with Gasteiger partial charge in [-0.2, -0.15) is 0 Å². The smallest absolute Gasteiger partial charge is 0.193 e. The highest BCUT2D eigenvalue weighted by atomic mass is 32.1. The van der Waals surface area contributed by atoms with E-state index in [1.165, 1.54) is 6.07 Å². The van der Waals surface area contributed by atoms with Crippen molar-refractivity contribution >= 4 is 16.3 Å². The van der Waals surface area contributed by atoms with Crippen LogP contribution < -0.4 is 5.73 Å². The summed E-state index contributed by atoms with van der Waals surface area (Å²) in [5.41, 5.74) is 7.18. The number of hydrogen-bond acceptors (Lipinski definition) is 3. The molecule has 0 aliphatic heterocycles. The molecule has 0 saturated carbocycles. The minimum atomic E-state index is -0.727. The molecule has 0 aliphatic rings. The molecule has 1 atom stereocenters. The second kappa shape index (κ2) is 5.00. The zero-order valence-electron chi connectivity index (χ0n) is 11.2. The van der Waals surface area contributed by atoms with Crippen molar-refractivity contribution in [3.63, 3.8) is 0 Å². The first kappa shape index (κ1) is 13.3. The predicted octanol–water partition coefficient (Wildman–Crippen LogP) is 3.34. The number of benzene rings is 1. The van der Waals surface area contributed by atoms with Crippen molar-refractivity contribution in [2.75, 3.05) is 0 Å². The highest BCUT2D eigenvalue weighted by molar-refractivity contribution is 7.15. The molecule has 0 spiro atoms. The number of nitrogens with two attached hydrogens (primary N) is 1. The molecular formula is C15H16FN3S. The maximum atomic E-state index is 14.0. The second-order valence-electron chi connectivity index (χ2n) is 4.99. The Bertz CT molecular complexity index is 705. The number of thiazole rings is 1. The lowest BCUT2D eigenvalue weighted by Crippen LogP contribution is -2.39. The number of fused-ring (bicyclic) bond motifs is 1. The van der Waals surface area contributed by atoms with Crippen molar-refractivity contribution in [3.8, 4) is 0 Å². The van der Waals surface area contributed by atoms with E-state index in [9.17, 15) is 4.39 Å². The largest absolute Gasteiger partial charge is 0.321 e. The first-order valence-corrected chi connectivity index (χ1v) is 7.45. The number of halogens is 1. The van der Waals surface area contributed by atoms with Gasteiger partial charge in [0.2, 0.25) is 0 Å². The lowest BCUT2D eigenvalue weighted by atomic mass is 9.84. The number of nitrogens with zero attached hydrogens (tertiary/aromatic N) is 2. The first-order valence-electron chi connectivity index (χ1n) is 6.57. The molecule has 20 heavy (non-hydrogen) atoms. The highest BCUT2D eigenvalue weighted by Crippen LogP contribution is 2.28. The Hall–Kier alpha value is -1.72. The molecule has 3 nitrogen and oxygen atoms in total. The van der Waals surface area contributed by atoms with E-state index in [-0.39, 0.29) is 5.82 Å². The number of imidazole rings is 1. The van der Waals surface area contributed by atoms with E-state index in [2.05, 4.69) is 4.98 Å². The van der Waals surface area contributed by atoms with Crippen LogP contribution in [0.2, 0.25) is 0 Å². The van der Waals surface area contributed by atoms with Gasteiger partial charge >= 0.3 is 0 Å². The van der Waals surface area contributed by atoms with Gasteiger partial charge in [-0.25, -0.2) is 9.37 Å². The van der Waals surface area contributed by atoms with Gasteiger partial charge in [0.05, 0.1) is 5.69 Å². The zero-order valence-corrected chi connectivity index (χ0v) is 12.0. The lowest BCUT2D eigenvalue weighted by Gasteiger charge is -2.28. The normalized spacial score (nSPS) is 14.6. The van der Waals surface area contributed by atoms with Crippen LogP contribution in [-0.2, 0) is 12.0 Å². The van der Waals surface area contributed by atoms with Crippen molar-refractivity contribution in [1.29, 1.82) is 0 Å². The van der Waals surface area contributed by atoms with Crippen LogP contribution in [0.15, 0.2) is 42.0 Å². The molecule has 5 heteroatoms. The third kappa shape index (κ3) is 2.23. The van der Waals surface area contributed by atoms with Crippen LogP contribution in [-0.4, -0.2) is 9.38 Å². The van der Waals surface area contributed by atoms with Gasteiger partial charge in [0, 0.05) is 35.3 Å². The van der Waals surface area contributed by atoms with E-state index >= 15 is 0 Å². The molecule has 2 aromatic heterocycles. The van der Waals surface area contributed by atoms with Gasteiger partial charge in [0.15, 0.2) is 4.96 Å². The number of rotatable bonds is 4. The van der Waals surface area contributed by atoms with E-state index in [1.807, 2.05) is 35.2 Å². The van der Waals surface area contributed by atoms with Crippen LogP contribution in [0.3, 0.4) is 0 Å². The number of hydrogen-bond donors (Lipinski definition) is 1. The minimum Gasteiger partial charge on any atom is -0.321 e. The Kier molecular flexibility index (Phi) is 3.31. The van der Waals surface area contributed by atoms with Crippen LogP contribution >= 0.6 is 11.3 Å². The molecule has 1 aromatic carbocycles. The van der Waals surface area contributed by atoms with Gasteiger partial charge in [-0.05, 0) is 12.5 Å². The van der Waals surface area contributed by atoms with Gasteiger partial charge in [0.25, 0.3) is 0 Å². The molecule has 3 rings (SSSR count). The fourth-order valence-corrected chi connectivity index (χ4v) is 3.18. The highest BCUT2D eigenvalue weighted by Gasteiger charge is 2.29. The van der Waals surface area contributed by atoms with E-state index < -0.39 is 5.54 Å². The van der Waals surface area contributed by atoms with Crippen molar-refractivity contribution in [1.82, 2.24) is 9.38 Å². The Morgan fingerprint density at radius 2 is 2.20 bits per heavy atom. The standard InChI is InChI=1S/C15H16FN3S/c1-2-15(17,12-5-3-4-6-13(12)16)9-11-10-19-7-8-20-14(19)18-11/h3-8,10H,2,9,17H2,1H3. The Labute approximate surface area is 120 Å². The summed E-state index contributed by atoms with van der Waals surface area (Å²) in [6.45, 7) is 1.98. The summed E-state index contributed by atoms with van der Waals surface area (Å²) in [5, 5.41) is 1.98. The van der Waals surface area contributed by atoms with Gasteiger partial charge in [-0.3, -0.25) is 4.40 Å². The van der Waals surface area contributed by atoms with Crippen molar-refractivity contribution in [3.05, 3.63) is 59.1 Å². The van der Waals surface area contributed by atoms with E-state index in [0.717, 1.165) is 10.7 Å². The second-order valence-corrected chi connectivity index (χ2v) is 5.86. The predicted molar refractivity (Wildman–Crippen MR) is 79.3 cm³/mol. The molecule has 0 bridgehead atoms. The Morgan fingerprint density at radius 3 is 2.90 bits per heavy atom. The summed E-state index contributed by atoms with van der Waals surface area (Å²) < 4.78 is 16.0. The molecule has 0 radical (unpaired) electrons. The number of aromatic nitrogens is 2. The monoisotopic (exact) mass is 289 g/mol. The van der Waals surface area contributed by atoms with E-state index in [4.69, 9.17) is 5.73 Å². The molecule has 0 amide bonds. The fraction of sp³-hybridized carbons (Fsp3) is 0.267. The van der Waals surface area contributed by atoms with Gasteiger partial charge in [-0.15, -0.1) is 11.3 Å². The Morgan fingerprint density at radius 1 is 1.40 bits per heavy atom. The van der Waals surface area contributed by atoms with E-state index in [1.54, 1.807) is 23.5 Å². The summed E-state index contributed by atoms with van der Waals surface area (Å²) >= 11 is 1.58. The molecule has 0 saturated heterocycles. The van der Waals surface area contributed by atoms with E-state index in [0.29, 0.717) is 18.4 Å². The average Bonchev–Trinajstić information content (AvgIpc) is 3.00. The van der Waals surface area contributed by atoms with Crippen LogP contribution in [0.25, 0.3) is 4.96 Å². The third-order valence-electron chi connectivity index (χ3n) is 3.68. The van der Waals surface area contributed by atoms with Crippen LogP contribution in [0.1, 0.15) is 24.6 Å². The summed E-state index contributed by atoms with van der Waals surface area (Å²) in [6, 6.07) is 6.72. The first-order chi connectivity index (χ1) is 9.62. The molecule has 2 N–H and O–H groups in total. The zero-order chi connectivity index (χ0) is 14.2. The van der Waals surface area contributed by atoms with Crippen LogP contribution in [0.4, 0.5) is 4.39 Å². The average molecular weight is 289 g/mol. The topological polar surface area (TPSA) is 43.3 Å². The summed E-state index contributed by atoms with van der Waals surface area (Å²) in [7, 11) is 0. The third-order valence-corrected chi connectivity index (χ3v) is 4.45. The molecule has 0 aliphatic carbocycles. The summed E-state index contributed by atoms with van der Waals surface area (Å²) in [5.74, 6) is -0.252. The van der Waals surface area contributed by atoms with Gasteiger partial charge in [-0.1, -0.05) is 25.1 Å². The molecule has 0 fully saturated rings. The van der Waals surface area contributed by atoms with Crippen molar-refractivity contribution in [2.45, 2.75) is 25.3 Å². The minimum absolute atomic E-state index is 0.252. The van der Waals surface area contributed by atoms with Crippen molar-refractivity contribution in [2.24, 2.45) is 5.73 Å². The van der Waals surface area contributed by atoms with Crippen LogP contribution in [0.5, 0.6) is 0 Å². The summed E-state index contributed by atoms with van der Waals surface area (Å²) in [6.07, 6.45) is 5.10. The quantitative estimate of drug-likeness (QED) is 0.800. The maximum Gasteiger partial charge on any atom is 0.193 e. The maximum absolute atomic E-state index is 14.0. The van der Waals surface area contributed by atoms with Crippen molar-refractivity contribution < 1.29 is 4.39 Å². The molecule has 104 valence electrons. The fourth-order valence-electron chi connectivity index (χ4n) is 2.46. The molecule has 2 heterocycles. The molecular weight excluding hydrogens is 273 g/mol. The molecule has 1 unspecified atom stereocenters. The van der Waals surface area contributed by atoms with Gasteiger partial charge in [0.1, 0.15) is 5.82 Å². The molecule has 3 aromatic rings. The summed E-state index contributed by atoms with van der Waals surface area (Å²) in [4.78, 5) is 5.48. The SMILES string of the molecule is CCC(N)(Cc1cn2ccsc2n1)c1ccccc1F. The van der Waals surface area contributed by atoms with Crippen LogP contribution in [0, 0.1) is 5.82 Å². The van der Waals surface area contributed by atoms with Gasteiger partial charge < -0.3 is 5.73 Å². The Balaban J connectivity index is 1.96. The lowest BCUT2D eigenvalue weighted by molar-refractivity contribution is 0.399.